The normalized spacial score (nSPS) is 14.7. The standard InChI is InChI=1S/C24H30N6O/c1-3-29(4-2)19-11-9-18(10-12-19)24(31)30-15-13-28(14-16-30)17-22-26-21-8-6-5-7-20(21)23(25)27-22/h5-12H,3-4,13-17H2,1-2H3,(H2,25,26,27). The Balaban J connectivity index is 1.36. The lowest BCUT2D eigenvalue weighted by Crippen LogP contribution is -2.48. The summed E-state index contributed by atoms with van der Waals surface area (Å²) in [5.41, 5.74) is 8.88. The fourth-order valence-electron chi connectivity index (χ4n) is 4.12. The lowest BCUT2D eigenvalue weighted by molar-refractivity contribution is 0.0625. The summed E-state index contributed by atoms with van der Waals surface area (Å²) in [6.07, 6.45) is 0. The minimum absolute atomic E-state index is 0.0944. The highest BCUT2D eigenvalue weighted by atomic mass is 16.2. The highest BCUT2D eigenvalue weighted by Gasteiger charge is 2.23. The van der Waals surface area contributed by atoms with E-state index in [2.05, 4.69) is 33.6 Å². The van der Waals surface area contributed by atoms with Crippen molar-refractivity contribution in [3.8, 4) is 0 Å². The van der Waals surface area contributed by atoms with Crippen LogP contribution in [0.4, 0.5) is 11.5 Å². The van der Waals surface area contributed by atoms with E-state index in [9.17, 15) is 4.79 Å². The van der Waals surface area contributed by atoms with Gasteiger partial charge in [0.2, 0.25) is 0 Å². The quantitative estimate of drug-likeness (QED) is 0.663. The SMILES string of the molecule is CCN(CC)c1ccc(C(=O)N2CCN(Cc3nc(N)c4ccccc4n3)CC2)cc1. The van der Waals surface area contributed by atoms with E-state index in [-0.39, 0.29) is 5.91 Å². The molecule has 1 aromatic heterocycles. The second kappa shape index (κ2) is 9.31. The maximum absolute atomic E-state index is 12.9. The van der Waals surface area contributed by atoms with Crippen molar-refractivity contribution in [1.29, 1.82) is 0 Å². The molecule has 1 saturated heterocycles. The van der Waals surface area contributed by atoms with Crippen molar-refractivity contribution >= 4 is 28.3 Å². The number of aromatic nitrogens is 2. The second-order valence-corrected chi connectivity index (χ2v) is 7.83. The Kier molecular flexibility index (Phi) is 6.32. The number of nitrogen functional groups attached to an aromatic ring is 1. The van der Waals surface area contributed by atoms with Crippen LogP contribution >= 0.6 is 0 Å². The summed E-state index contributed by atoms with van der Waals surface area (Å²) in [6.45, 7) is 9.79. The zero-order valence-electron chi connectivity index (χ0n) is 18.3. The maximum Gasteiger partial charge on any atom is 0.253 e. The van der Waals surface area contributed by atoms with Gasteiger partial charge in [-0.05, 0) is 50.2 Å². The number of hydrogen-bond donors (Lipinski definition) is 1. The highest BCUT2D eigenvalue weighted by molar-refractivity contribution is 5.94. The molecule has 0 radical (unpaired) electrons. The summed E-state index contributed by atoms with van der Waals surface area (Å²) in [4.78, 5) is 28.5. The van der Waals surface area contributed by atoms with Crippen LogP contribution in [0, 0.1) is 0 Å². The van der Waals surface area contributed by atoms with Gasteiger partial charge in [-0.25, -0.2) is 9.97 Å². The summed E-state index contributed by atoms with van der Waals surface area (Å²) < 4.78 is 0. The van der Waals surface area contributed by atoms with E-state index in [0.29, 0.717) is 25.5 Å². The predicted molar refractivity (Wildman–Crippen MR) is 125 cm³/mol. The molecule has 2 N–H and O–H groups in total. The zero-order chi connectivity index (χ0) is 21.8. The first-order chi connectivity index (χ1) is 15.1. The molecular formula is C24H30N6O. The summed E-state index contributed by atoms with van der Waals surface area (Å²) in [5.74, 6) is 1.34. The Morgan fingerprint density at radius 3 is 2.32 bits per heavy atom. The Bertz CT molecular complexity index is 1040. The van der Waals surface area contributed by atoms with Gasteiger partial charge in [-0.2, -0.15) is 0 Å². The van der Waals surface area contributed by atoms with Gasteiger partial charge in [0.05, 0.1) is 12.1 Å². The van der Waals surface area contributed by atoms with Crippen molar-refractivity contribution in [2.45, 2.75) is 20.4 Å². The van der Waals surface area contributed by atoms with Gasteiger partial charge in [0.15, 0.2) is 0 Å². The number of rotatable bonds is 6. The summed E-state index contributed by atoms with van der Waals surface area (Å²) >= 11 is 0. The molecule has 1 fully saturated rings. The molecule has 2 heterocycles. The highest BCUT2D eigenvalue weighted by Crippen LogP contribution is 2.19. The topological polar surface area (TPSA) is 78.6 Å². The maximum atomic E-state index is 12.9. The summed E-state index contributed by atoms with van der Waals surface area (Å²) in [5, 5.41) is 0.883. The molecule has 1 aliphatic heterocycles. The summed E-state index contributed by atoms with van der Waals surface area (Å²) in [6, 6.07) is 15.7. The van der Waals surface area contributed by atoms with E-state index in [0.717, 1.165) is 54.2 Å². The third kappa shape index (κ3) is 4.61. The smallest absolute Gasteiger partial charge is 0.253 e. The predicted octanol–water partition coefficient (Wildman–Crippen LogP) is 3.02. The first-order valence-corrected chi connectivity index (χ1v) is 11.0. The molecule has 162 valence electrons. The molecule has 3 aromatic rings. The molecule has 2 aromatic carbocycles. The molecular weight excluding hydrogens is 388 g/mol. The fourth-order valence-corrected chi connectivity index (χ4v) is 4.12. The number of nitrogens with zero attached hydrogens (tertiary/aromatic N) is 5. The Morgan fingerprint density at radius 1 is 0.968 bits per heavy atom. The Morgan fingerprint density at radius 2 is 1.65 bits per heavy atom. The molecule has 7 heteroatoms. The molecule has 31 heavy (non-hydrogen) atoms. The van der Waals surface area contributed by atoms with E-state index >= 15 is 0 Å². The number of nitrogens with two attached hydrogens (primary N) is 1. The number of carbonyl (C=O) groups excluding carboxylic acids is 1. The third-order valence-corrected chi connectivity index (χ3v) is 5.95. The number of carbonyl (C=O) groups is 1. The molecule has 0 saturated carbocycles. The number of anilines is 2. The summed E-state index contributed by atoms with van der Waals surface area (Å²) in [7, 11) is 0. The molecule has 1 aliphatic rings. The molecule has 4 rings (SSSR count). The van der Waals surface area contributed by atoms with E-state index in [1.165, 1.54) is 0 Å². The third-order valence-electron chi connectivity index (χ3n) is 5.95. The van der Waals surface area contributed by atoms with Crippen LogP contribution in [0.3, 0.4) is 0 Å². The van der Waals surface area contributed by atoms with Crippen LogP contribution in [0.25, 0.3) is 10.9 Å². The van der Waals surface area contributed by atoms with Crippen LogP contribution in [-0.4, -0.2) is 64.9 Å². The van der Waals surface area contributed by atoms with E-state index < -0.39 is 0 Å². The van der Waals surface area contributed by atoms with Crippen molar-refractivity contribution in [3.63, 3.8) is 0 Å². The van der Waals surface area contributed by atoms with Gasteiger partial charge in [-0.1, -0.05) is 12.1 Å². The van der Waals surface area contributed by atoms with Crippen LogP contribution in [-0.2, 0) is 6.54 Å². The van der Waals surface area contributed by atoms with Crippen LogP contribution in [0.2, 0.25) is 0 Å². The number of amides is 1. The van der Waals surface area contributed by atoms with E-state index in [4.69, 9.17) is 5.73 Å². The molecule has 1 amide bonds. The monoisotopic (exact) mass is 418 g/mol. The van der Waals surface area contributed by atoms with Crippen LogP contribution in [0.5, 0.6) is 0 Å². The molecule has 0 bridgehead atoms. The number of fused-ring (bicyclic) bond motifs is 1. The van der Waals surface area contributed by atoms with Crippen molar-refractivity contribution < 1.29 is 4.79 Å². The van der Waals surface area contributed by atoms with Gasteiger partial charge in [0, 0.05) is 55.9 Å². The number of hydrogen-bond acceptors (Lipinski definition) is 6. The molecule has 0 unspecified atom stereocenters. The van der Waals surface area contributed by atoms with E-state index in [1.807, 2.05) is 53.4 Å². The average Bonchev–Trinajstić information content (AvgIpc) is 2.80. The first-order valence-electron chi connectivity index (χ1n) is 11.0. The van der Waals surface area contributed by atoms with Gasteiger partial charge in [-0.3, -0.25) is 9.69 Å². The van der Waals surface area contributed by atoms with Crippen molar-refractivity contribution in [1.82, 2.24) is 19.8 Å². The minimum Gasteiger partial charge on any atom is -0.383 e. The van der Waals surface area contributed by atoms with Crippen LogP contribution in [0.15, 0.2) is 48.5 Å². The lowest BCUT2D eigenvalue weighted by Gasteiger charge is -2.34. The largest absolute Gasteiger partial charge is 0.383 e. The van der Waals surface area contributed by atoms with Gasteiger partial charge in [0.1, 0.15) is 11.6 Å². The molecule has 0 spiro atoms. The first kappa shape index (κ1) is 21.1. The lowest BCUT2D eigenvalue weighted by atomic mass is 10.1. The number of para-hydroxylation sites is 1. The number of benzene rings is 2. The Hall–Kier alpha value is -3.19. The molecule has 7 nitrogen and oxygen atoms in total. The van der Waals surface area contributed by atoms with E-state index in [1.54, 1.807) is 0 Å². The van der Waals surface area contributed by atoms with Crippen molar-refractivity contribution in [2.24, 2.45) is 0 Å². The van der Waals surface area contributed by atoms with Gasteiger partial charge in [0.25, 0.3) is 5.91 Å². The van der Waals surface area contributed by atoms with Crippen molar-refractivity contribution in [3.05, 3.63) is 59.9 Å². The number of piperazine rings is 1. The molecule has 0 aliphatic carbocycles. The van der Waals surface area contributed by atoms with Gasteiger partial charge < -0.3 is 15.5 Å². The van der Waals surface area contributed by atoms with Crippen molar-refractivity contribution in [2.75, 3.05) is 49.9 Å². The van der Waals surface area contributed by atoms with Gasteiger partial charge in [-0.15, -0.1) is 0 Å². The zero-order valence-corrected chi connectivity index (χ0v) is 18.3. The molecule has 0 atom stereocenters. The Labute approximate surface area is 183 Å². The van der Waals surface area contributed by atoms with Crippen LogP contribution < -0.4 is 10.6 Å². The second-order valence-electron chi connectivity index (χ2n) is 7.83. The van der Waals surface area contributed by atoms with Crippen LogP contribution in [0.1, 0.15) is 30.0 Å². The van der Waals surface area contributed by atoms with Gasteiger partial charge >= 0.3 is 0 Å². The minimum atomic E-state index is 0.0944. The average molecular weight is 419 g/mol. The fraction of sp³-hybridized carbons (Fsp3) is 0.375.